The molecule has 0 aromatic carbocycles. The second kappa shape index (κ2) is 6.93. The van der Waals surface area contributed by atoms with E-state index >= 15 is 0 Å². The number of aliphatic carboxylic acids is 1. The molecule has 1 heterocycles. The average Bonchev–Trinajstić information content (AvgIpc) is 2.63. The molecule has 20 heavy (non-hydrogen) atoms. The van der Waals surface area contributed by atoms with Crippen LogP contribution in [0.2, 0.25) is 0 Å². The normalized spacial score (nSPS) is 16.4. The Bertz CT molecular complexity index is 464. The molecule has 0 unspecified atom stereocenters. The summed E-state index contributed by atoms with van der Waals surface area (Å²) in [6, 6.07) is -0.0293. The van der Waals surface area contributed by atoms with Crippen LogP contribution in [0.3, 0.4) is 0 Å². The van der Waals surface area contributed by atoms with Gasteiger partial charge in [0.25, 0.3) is 0 Å². The number of hydrogen-bond donors (Lipinski definition) is 3. The minimum Gasteiger partial charge on any atom is -0.480 e. The van der Waals surface area contributed by atoms with Crippen molar-refractivity contribution in [3.05, 3.63) is 12.4 Å². The van der Waals surface area contributed by atoms with Crippen molar-refractivity contribution in [2.45, 2.75) is 51.1 Å². The summed E-state index contributed by atoms with van der Waals surface area (Å²) >= 11 is 0. The topological polar surface area (TPSA) is 96.2 Å². The van der Waals surface area contributed by atoms with Crippen LogP contribution in [-0.4, -0.2) is 32.9 Å². The van der Waals surface area contributed by atoms with Gasteiger partial charge in [-0.3, -0.25) is 9.48 Å². The van der Waals surface area contributed by atoms with E-state index in [1.54, 1.807) is 0 Å². The SMILES string of the molecule is O=C(O)Cn1cc(NC(=O)NC2CCCCCC2)cn1. The third kappa shape index (κ3) is 4.56. The third-order valence-corrected chi connectivity index (χ3v) is 3.38. The predicted molar refractivity (Wildman–Crippen MR) is 73.5 cm³/mol. The Morgan fingerprint density at radius 1 is 1.30 bits per heavy atom. The minimum absolute atomic E-state index is 0.216. The zero-order valence-electron chi connectivity index (χ0n) is 11.3. The lowest BCUT2D eigenvalue weighted by Gasteiger charge is -2.16. The second-order valence-electron chi connectivity index (χ2n) is 5.11. The summed E-state index contributed by atoms with van der Waals surface area (Å²) in [5, 5.41) is 18.1. The van der Waals surface area contributed by atoms with Gasteiger partial charge < -0.3 is 15.7 Å². The van der Waals surface area contributed by atoms with E-state index in [2.05, 4.69) is 15.7 Å². The molecule has 7 heteroatoms. The number of carboxylic acids is 1. The number of amides is 2. The lowest BCUT2D eigenvalue weighted by molar-refractivity contribution is -0.137. The molecule has 0 saturated heterocycles. The maximum Gasteiger partial charge on any atom is 0.325 e. The maximum absolute atomic E-state index is 11.8. The summed E-state index contributed by atoms with van der Waals surface area (Å²) in [5.74, 6) is -0.970. The van der Waals surface area contributed by atoms with Crippen LogP contribution in [0.5, 0.6) is 0 Å². The van der Waals surface area contributed by atoms with E-state index in [9.17, 15) is 9.59 Å². The molecular weight excluding hydrogens is 260 g/mol. The van der Waals surface area contributed by atoms with Gasteiger partial charge in [0, 0.05) is 12.2 Å². The zero-order valence-corrected chi connectivity index (χ0v) is 11.3. The fourth-order valence-corrected chi connectivity index (χ4v) is 2.43. The van der Waals surface area contributed by atoms with E-state index in [0.717, 1.165) is 25.7 Å². The summed E-state index contributed by atoms with van der Waals surface area (Å²) in [5.41, 5.74) is 0.498. The van der Waals surface area contributed by atoms with Crippen molar-refractivity contribution in [2.75, 3.05) is 5.32 Å². The van der Waals surface area contributed by atoms with Gasteiger partial charge in [0.05, 0.1) is 11.9 Å². The molecule has 1 aliphatic rings. The Hall–Kier alpha value is -2.05. The van der Waals surface area contributed by atoms with Gasteiger partial charge in [-0.25, -0.2) is 4.79 Å². The van der Waals surface area contributed by atoms with Crippen molar-refractivity contribution in [1.82, 2.24) is 15.1 Å². The molecule has 1 fully saturated rings. The Kier molecular flexibility index (Phi) is 4.97. The molecule has 0 radical (unpaired) electrons. The van der Waals surface area contributed by atoms with Crippen molar-refractivity contribution in [3.63, 3.8) is 0 Å². The number of urea groups is 1. The van der Waals surface area contributed by atoms with Gasteiger partial charge in [0.2, 0.25) is 0 Å². The number of anilines is 1. The van der Waals surface area contributed by atoms with Crippen LogP contribution < -0.4 is 10.6 Å². The van der Waals surface area contributed by atoms with Crippen molar-refractivity contribution in [2.24, 2.45) is 0 Å². The van der Waals surface area contributed by atoms with Crippen LogP contribution >= 0.6 is 0 Å². The minimum atomic E-state index is -0.970. The summed E-state index contributed by atoms with van der Waals surface area (Å²) in [4.78, 5) is 22.4. The van der Waals surface area contributed by atoms with Crippen LogP contribution in [0.4, 0.5) is 10.5 Å². The fraction of sp³-hybridized carbons (Fsp3) is 0.615. The van der Waals surface area contributed by atoms with Crippen molar-refractivity contribution >= 4 is 17.7 Å². The highest BCUT2D eigenvalue weighted by molar-refractivity contribution is 5.89. The van der Waals surface area contributed by atoms with Crippen molar-refractivity contribution in [3.8, 4) is 0 Å². The Balaban J connectivity index is 1.81. The standard InChI is InChI=1S/C13H20N4O3/c18-12(19)9-17-8-11(7-14-17)16-13(20)15-10-5-3-1-2-4-6-10/h7-8,10H,1-6,9H2,(H,18,19)(H2,15,16,20). The van der Waals surface area contributed by atoms with Gasteiger partial charge in [-0.2, -0.15) is 5.10 Å². The number of carbonyl (C=O) groups is 2. The number of carboxylic acid groups (broad SMARTS) is 1. The highest BCUT2D eigenvalue weighted by Crippen LogP contribution is 2.17. The van der Waals surface area contributed by atoms with Crippen molar-refractivity contribution in [1.29, 1.82) is 0 Å². The molecule has 0 bridgehead atoms. The number of nitrogens with zero attached hydrogens (tertiary/aromatic N) is 2. The molecule has 1 saturated carbocycles. The van der Waals surface area contributed by atoms with Crippen LogP contribution in [0.15, 0.2) is 12.4 Å². The largest absolute Gasteiger partial charge is 0.480 e. The van der Waals surface area contributed by atoms with Gasteiger partial charge in [-0.15, -0.1) is 0 Å². The number of hydrogen-bond acceptors (Lipinski definition) is 3. The molecule has 110 valence electrons. The molecular formula is C13H20N4O3. The van der Waals surface area contributed by atoms with E-state index < -0.39 is 5.97 Å². The molecule has 2 amide bonds. The Labute approximate surface area is 117 Å². The first-order chi connectivity index (χ1) is 9.63. The first-order valence-electron chi connectivity index (χ1n) is 6.95. The molecule has 1 aromatic rings. The van der Waals surface area contributed by atoms with E-state index in [1.807, 2.05) is 0 Å². The molecule has 0 spiro atoms. The first kappa shape index (κ1) is 14.4. The van der Waals surface area contributed by atoms with E-state index in [-0.39, 0.29) is 18.6 Å². The third-order valence-electron chi connectivity index (χ3n) is 3.38. The second-order valence-corrected chi connectivity index (χ2v) is 5.11. The van der Waals surface area contributed by atoms with Gasteiger partial charge in [-0.1, -0.05) is 25.7 Å². The summed E-state index contributed by atoms with van der Waals surface area (Å²) in [6.45, 7) is -0.216. The summed E-state index contributed by atoms with van der Waals surface area (Å²) in [7, 11) is 0. The fourth-order valence-electron chi connectivity index (χ4n) is 2.43. The number of nitrogens with one attached hydrogen (secondary N) is 2. The van der Waals surface area contributed by atoms with E-state index in [4.69, 9.17) is 5.11 Å². The maximum atomic E-state index is 11.8. The van der Waals surface area contributed by atoms with Gasteiger partial charge >= 0.3 is 12.0 Å². The molecule has 2 rings (SSSR count). The monoisotopic (exact) mass is 280 g/mol. The molecule has 0 aliphatic heterocycles. The smallest absolute Gasteiger partial charge is 0.325 e. The summed E-state index contributed by atoms with van der Waals surface area (Å²) < 4.78 is 1.27. The van der Waals surface area contributed by atoms with E-state index in [1.165, 1.54) is 29.9 Å². The quantitative estimate of drug-likeness (QED) is 0.733. The van der Waals surface area contributed by atoms with Crippen LogP contribution in [0.1, 0.15) is 38.5 Å². The van der Waals surface area contributed by atoms with Gasteiger partial charge in [0.15, 0.2) is 0 Å². The lowest BCUT2D eigenvalue weighted by Crippen LogP contribution is -2.37. The highest BCUT2D eigenvalue weighted by Gasteiger charge is 2.15. The van der Waals surface area contributed by atoms with Crippen LogP contribution in [0.25, 0.3) is 0 Å². The predicted octanol–water partition coefficient (Wildman–Crippen LogP) is 1.81. The van der Waals surface area contributed by atoms with Gasteiger partial charge in [-0.05, 0) is 12.8 Å². The number of carbonyl (C=O) groups excluding carboxylic acids is 1. The average molecular weight is 280 g/mol. The first-order valence-corrected chi connectivity index (χ1v) is 6.95. The molecule has 0 atom stereocenters. The van der Waals surface area contributed by atoms with Crippen LogP contribution in [-0.2, 0) is 11.3 Å². The zero-order chi connectivity index (χ0) is 14.4. The molecule has 7 nitrogen and oxygen atoms in total. The Morgan fingerprint density at radius 2 is 2.00 bits per heavy atom. The van der Waals surface area contributed by atoms with Crippen LogP contribution in [0, 0.1) is 0 Å². The number of aromatic nitrogens is 2. The molecule has 3 N–H and O–H groups in total. The Morgan fingerprint density at radius 3 is 2.65 bits per heavy atom. The summed E-state index contributed by atoms with van der Waals surface area (Å²) in [6.07, 6.45) is 9.76. The lowest BCUT2D eigenvalue weighted by atomic mass is 10.1. The van der Waals surface area contributed by atoms with Crippen molar-refractivity contribution < 1.29 is 14.7 Å². The number of rotatable bonds is 4. The molecule has 1 aliphatic carbocycles. The van der Waals surface area contributed by atoms with Gasteiger partial charge in [0.1, 0.15) is 6.54 Å². The highest BCUT2D eigenvalue weighted by atomic mass is 16.4. The molecule has 1 aromatic heterocycles. The van der Waals surface area contributed by atoms with E-state index in [0.29, 0.717) is 5.69 Å².